The van der Waals surface area contributed by atoms with Gasteiger partial charge >= 0.3 is 0 Å². The van der Waals surface area contributed by atoms with Gasteiger partial charge in [0.15, 0.2) is 0 Å². The van der Waals surface area contributed by atoms with E-state index in [-0.39, 0.29) is 6.10 Å². The number of nitrogens with one attached hydrogen (secondary N) is 1. The van der Waals surface area contributed by atoms with E-state index in [2.05, 4.69) is 50.4 Å². The van der Waals surface area contributed by atoms with E-state index in [1.807, 2.05) is 6.07 Å². The molecular weight excluding hydrogens is 262 g/mol. The molecule has 2 N–H and O–H groups in total. The predicted octanol–water partition coefficient (Wildman–Crippen LogP) is 2.94. The Balaban J connectivity index is 1.59. The summed E-state index contributed by atoms with van der Waals surface area (Å²) >= 11 is 0. The minimum Gasteiger partial charge on any atom is -0.389 e. The largest absolute Gasteiger partial charge is 0.389 e. The van der Waals surface area contributed by atoms with Gasteiger partial charge in [-0.25, -0.2) is 0 Å². The standard InChI is InChI=1S/C18H29NO2/c1-13(2)9-14(3)21-12-16(20)11-19-18-10-17(18)15-7-5-4-6-8-15/h4-8,13-14,16-20H,9-12H2,1-3H3. The summed E-state index contributed by atoms with van der Waals surface area (Å²) in [6.45, 7) is 7.49. The van der Waals surface area contributed by atoms with Crippen LogP contribution in [0.5, 0.6) is 0 Å². The van der Waals surface area contributed by atoms with Crippen LogP contribution in [0.1, 0.15) is 45.1 Å². The molecule has 0 bridgehead atoms. The van der Waals surface area contributed by atoms with Gasteiger partial charge < -0.3 is 15.2 Å². The van der Waals surface area contributed by atoms with E-state index in [4.69, 9.17) is 4.74 Å². The maximum atomic E-state index is 9.98. The average Bonchev–Trinajstić information content (AvgIpc) is 3.23. The Morgan fingerprint density at radius 1 is 1.24 bits per heavy atom. The molecular formula is C18H29NO2. The molecule has 0 saturated heterocycles. The van der Waals surface area contributed by atoms with E-state index < -0.39 is 6.10 Å². The summed E-state index contributed by atoms with van der Waals surface area (Å²) in [6, 6.07) is 11.1. The number of hydrogen-bond acceptors (Lipinski definition) is 3. The number of benzene rings is 1. The summed E-state index contributed by atoms with van der Waals surface area (Å²) in [7, 11) is 0. The lowest BCUT2D eigenvalue weighted by Crippen LogP contribution is -2.33. The van der Waals surface area contributed by atoms with Crippen LogP contribution < -0.4 is 5.32 Å². The van der Waals surface area contributed by atoms with Crippen molar-refractivity contribution in [1.82, 2.24) is 5.32 Å². The third kappa shape index (κ3) is 5.77. The highest BCUT2D eigenvalue weighted by molar-refractivity contribution is 5.27. The zero-order valence-corrected chi connectivity index (χ0v) is 13.5. The van der Waals surface area contributed by atoms with Crippen LogP contribution >= 0.6 is 0 Å². The third-order valence-corrected chi connectivity index (χ3v) is 4.01. The van der Waals surface area contributed by atoms with Gasteiger partial charge in [-0.3, -0.25) is 0 Å². The van der Waals surface area contributed by atoms with Gasteiger partial charge in [0, 0.05) is 18.5 Å². The molecule has 4 atom stereocenters. The number of ether oxygens (including phenoxy) is 1. The molecule has 0 aliphatic heterocycles. The lowest BCUT2D eigenvalue weighted by Gasteiger charge is -2.18. The van der Waals surface area contributed by atoms with E-state index in [0.29, 0.717) is 31.0 Å². The van der Waals surface area contributed by atoms with Gasteiger partial charge in [-0.2, -0.15) is 0 Å². The van der Waals surface area contributed by atoms with Gasteiger partial charge in [0.1, 0.15) is 0 Å². The maximum absolute atomic E-state index is 9.98. The molecule has 3 heteroatoms. The monoisotopic (exact) mass is 291 g/mol. The topological polar surface area (TPSA) is 41.5 Å². The van der Waals surface area contributed by atoms with Crippen molar-refractivity contribution in [3.63, 3.8) is 0 Å². The molecule has 0 amide bonds. The Morgan fingerprint density at radius 2 is 1.95 bits per heavy atom. The van der Waals surface area contributed by atoms with Gasteiger partial charge in [0.05, 0.1) is 18.8 Å². The summed E-state index contributed by atoms with van der Waals surface area (Å²) < 4.78 is 5.69. The van der Waals surface area contributed by atoms with Crippen molar-refractivity contribution < 1.29 is 9.84 Å². The quantitative estimate of drug-likeness (QED) is 0.735. The van der Waals surface area contributed by atoms with E-state index in [1.165, 1.54) is 12.0 Å². The van der Waals surface area contributed by atoms with Crippen molar-refractivity contribution in [3.05, 3.63) is 35.9 Å². The SMILES string of the molecule is CC(C)CC(C)OCC(O)CNC1CC1c1ccccc1. The Hall–Kier alpha value is -0.900. The lowest BCUT2D eigenvalue weighted by atomic mass is 10.1. The molecule has 3 nitrogen and oxygen atoms in total. The second-order valence-corrected chi connectivity index (χ2v) is 6.69. The second-order valence-electron chi connectivity index (χ2n) is 6.69. The van der Waals surface area contributed by atoms with Gasteiger partial charge in [0.25, 0.3) is 0 Å². The Morgan fingerprint density at radius 3 is 2.62 bits per heavy atom. The molecule has 1 aliphatic carbocycles. The lowest BCUT2D eigenvalue weighted by molar-refractivity contribution is -0.00861. The Labute approximate surface area is 128 Å². The smallest absolute Gasteiger partial charge is 0.0897 e. The third-order valence-electron chi connectivity index (χ3n) is 4.01. The fourth-order valence-electron chi connectivity index (χ4n) is 2.84. The maximum Gasteiger partial charge on any atom is 0.0897 e. The fraction of sp³-hybridized carbons (Fsp3) is 0.667. The molecule has 0 radical (unpaired) electrons. The summed E-state index contributed by atoms with van der Waals surface area (Å²) in [5.74, 6) is 1.24. The van der Waals surface area contributed by atoms with Crippen molar-refractivity contribution in [2.24, 2.45) is 5.92 Å². The molecule has 4 unspecified atom stereocenters. The summed E-state index contributed by atoms with van der Waals surface area (Å²) in [4.78, 5) is 0. The number of aliphatic hydroxyl groups excluding tert-OH is 1. The van der Waals surface area contributed by atoms with Crippen LogP contribution in [0.4, 0.5) is 0 Å². The summed E-state index contributed by atoms with van der Waals surface area (Å²) in [5, 5.41) is 13.4. The first-order chi connectivity index (χ1) is 10.1. The van der Waals surface area contributed by atoms with Crippen molar-refractivity contribution in [1.29, 1.82) is 0 Å². The number of hydrogen-bond donors (Lipinski definition) is 2. The molecule has 1 saturated carbocycles. The first-order valence-electron chi connectivity index (χ1n) is 8.14. The minimum absolute atomic E-state index is 0.220. The molecule has 21 heavy (non-hydrogen) atoms. The minimum atomic E-state index is -0.420. The van der Waals surface area contributed by atoms with E-state index >= 15 is 0 Å². The Kier molecular flexibility index (Phi) is 6.22. The normalized spacial score (nSPS) is 24.0. The van der Waals surface area contributed by atoms with E-state index in [9.17, 15) is 5.11 Å². The molecule has 0 spiro atoms. The van der Waals surface area contributed by atoms with Gasteiger partial charge in [-0.05, 0) is 31.2 Å². The van der Waals surface area contributed by atoms with Gasteiger partial charge in [-0.15, -0.1) is 0 Å². The van der Waals surface area contributed by atoms with Crippen molar-refractivity contribution in [2.45, 2.75) is 57.8 Å². The number of rotatable bonds is 9. The zero-order valence-electron chi connectivity index (χ0n) is 13.5. The van der Waals surface area contributed by atoms with Crippen molar-refractivity contribution in [2.75, 3.05) is 13.2 Å². The van der Waals surface area contributed by atoms with Crippen LogP contribution in [-0.4, -0.2) is 36.5 Å². The molecule has 1 aromatic rings. The fourth-order valence-corrected chi connectivity index (χ4v) is 2.84. The zero-order chi connectivity index (χ0) is 15.2. The van der Waals surface area contributed by atoms with Crippen LogP contribution in [0.15, 0.2) is 30.3 Å². The van der Waals surface area contributed by atoms with Crippen LogP contribution in [0.25, 0.3) is 0 Å². The highest BCUT2D eigenvalue weighted by atomic mass is 16.5. The van der Waals surface area contributed by atoms with Crippen molar-refractivity contribution >= 4 is 0 Å². The summed E-state index contributed by atoms with van der Waals surface area (Å²) in [5.41, 5.74) is 1.39. The Bertz CT molecular complexity index is 407. The van der Waals surface area contributed by atoms with Gasteiger partial charge in [0.2, 0.25) is 0 Å². The average molecular weight is 291 g/mol. The van der Waals surface area contributed by atoms with Crippen LogP contribution in [0.3, 0.4) is 0 Å². The predicted molar refractivity (Wildman–Crippen MR) is 86.5 cm³/mol. The molecule has 1 aliphatic rings. The van der Waals surface area contributed by atoms with E-state index in [0.717, 1.165) is 6.42 Å². The first kappa shape index (κ1) is 16.5. The van der Waals surface area contributed by atoms with Gasteiger partial charge in [-0.1, -0.05) is 44.2 Å². The highest BCUT2D eigenvalue weighted by Crippen LogP contribution is 2.40. The highest BCUT2D eigenvalue weighted by Gasteiger charge is 2.37. The van der Waals surface area contributed by atoms with Crippen molar-refractivity contribution in [3.8, 4) is 0 Å². The molecule has 118 valence electrons. The summed E-state index contributed by atoms with van der Waals surface area (Å²) in [6.07, 6.45) is 2.01. The van der Waals surface area contributed by atoms with E-state index in [1.54, 1.807) is 0 Å². The number of aliphatic hydroxyl groups is 1. The van der Waals surface area contributed by atoms with Crippen LogP contribution in [0.2, 0.25) is 0 Å². The van der Waals surface area contributed by atoms with Crippen LogP contribution in [0, 0.1) is 5.92 Å². The molecule has 0 aromatic heterocycles. The van der Waals surface area contributed by atoms with Crippen LogP contribution in [-0.2, 0) is 4.74 Å². The molecule has 2 rings (SSSR count). The molecule has 1 aromatic carbocycles. The first-order valence-corrected chi connectivity index (χ1v) is 8.14. The molecule has 0 heterocycles. The molecule has 1 fully saturated rings. The second kappa shape index (κ2) is 7.92.